The van der Waals surface area contributed by atoms with Gasteiger partial charge in [-0.3, -0.25) is 14.9 Å². The van der Waals surface area contributed by atoms with Crippen molar-refractivity contribution in [1.82, 2.24) is 5.32 Å². The molecule has 0 atom stereocenters. The number of benzene rings is 1. The number of hydrogen-bond acceptors (Lipinski definition) is 4. The number of carbonyl (C=O) groups excluding carboxylic acids is 1. The highest BCUT2D eigenvalue weighted by Gasteiger charge is 2.15. The standard InChI is InChI=1S/C14H14FN3O3/c1-2-3-6-17-14(19)11(9-16)7-10-4-5-12(15)13(8-10)18(20)21/h4-5,7-8H,2-3,6H2,1H3,(H,17,19)/b11-7-. The Labute approximate surface area is 121 Å². The number of nitriles is 1. The van der Waals surface area contributed by atoms with Crippen LogP contribution in [-0.4, -0.2) is 17.4 Å². The van der Waals surface area contributed by atoms with Gasteiger partial charge in [0.2, 0.25) is 5.82 Å². The van der Waals surface area contributed by atoms with Gasteiger partial charge in [-0.2, -0.15) is 9.65 Å². The molecule has 0 radical (unpaired) electrons. The molecule has 1 aromatic rings. The van der Waals surface area contributed by atoms with Crippen LogP contribution in [0.25, 0.3) is 6.08 Å². The fourth-order valence-electron chi connectivity index (χ4n) is 1.55. The van der Waals surface area contributed by atoms with Gasteiger partial charge < -0.3 is 5.32 Å². The van der Waals surface area contributed by atoms with E-state index in [9.17, 15) is 19.3 Å². The average Bonchev–Trinajstić information content (AvgIpc) is 2.46. The maximum Gasteiger partial charge on any atom is 0.305 e. The van der Waals surface area contributed by atoms with E-state index >= 15 is 0 Å². The molecule has 0 heterocycles. The summed E-state index contributed by atoms with van der Waals surface area (Å²) in [6.45, 7) is 2.41. The zero-order chi connectivity index (χ0) is 15.8. The van der Waals surface area contributed by atoms with Crippen LogP contribution in [0.4, 0.5) is 10.1 Å². The molecule has 1 rings (SSSR count). The third-order valence-electron chi connectivity index (χ3n) is 2.66. The number of nitrogens with one attached hydrogen (secondary N) is 1. The summed E-state index contributed by atoms with van der Waals surface area (Å²) in [5.41, 5.74) is -0.676. The first-order valence-electron chi connectivity index (χ1n) is 6.33. The van der Waals surface area contributed by atoms with Crippen molar-refractivity contribution in [3.63, 3.8) is 0 Å². The Morgan fingerprint density at radius 1 is 1.57 bits per heavy atom. The van der Waals surface area contributed by atoms with Crippen LogP contribution in [0.5, 0.6) is 0 Å². The molecule has 1 amide bonds. The largest absolute Gasteiger partial charge is 0.351 e. The van der Waals surface area contributed by atoms with Crippen molar-refractivity contribution in [3.8, 4) is 6.07 Å². The number of amides is 1. The number of rotatable bonds is 6. The summed E-state index contributed by atoms with van der Waals surface area (Å²) in [6.07, 6.45) is 2.87. The lowest BCUT2D eigenvalue weighted by Gasteiger charge is -2.03. The highest BCUT2D eigenvalue weighted by atomic mass is 19.1. The Hall–Kier alpha value is -2.75. The number of hydrogen-bond donors (Lipinski definition) is 1. The minimum Gasteiger partial charge on any atom is -0.351 e. The van der Waals surface area contributed by atoms with E-state index in [-0.39, 0.29) is 11.1 Å². The molecule has 0 saturated heterocycles. The molecule has 0 bridgehead atoms. The molecule has 0 aliphatic rings. The highest BCUT2D eigenvalue weighted by Crippen LogP contribution is 2.20. The van der Waals surface area contributed by atoms with Gasteiger partial charge in [-0.1, -0.05) is 19.4 Å². The molecule has 110 valence electrons. The first-order chi connectivity index (χ1) is 9.99. The van der Waals surface area contributed by atoms with Gasteiger partial charge in [0.25, 0.3) is 5.91 Å². The molecule has 6 nitrogen and oxygen atoms in total. The topological polar surface area (TPSA) is 96.0 Å². The lowest BCUT2D eigenvalue weighted by atomic mass is 10.1. The third kappa shape index (κ3) is 4.69. The number of nitro benzene ring substituents is 1. The molecule has 1 N–H and O–H groups in total. The van der Waals surface area contributed by atoms with Gasteiger partial charge in [0.1, 0.15) is 11.6 Å². The monoisotopic (exact) mass is 291 g/mol. The minimum absolute atomic E-state index is 0.188. The molecule has 0 aliphatic carbocycles. The van der Waals surface area contributed by atoms with Gasteiger partial charge >= 0.3 is 5.69 Å². The normalized spacial score (nSPS) is 10.8. The Balaban J connectivity index is 2.98. The van der Waals surface area contributed by atoms with Gasteiger partial charge in [-0.05, 0) is 24.1 Å². The quantitative estimate of drug-likeness (QED) is 0.286. The lowest BCUT2D eigenvalue weighted by Crippen LogP contribution is -2.25. The van der Waals surface area contributed by atoms with E-state index in [0.29, 0.717) is 6.54 Å². The van der Waals surface area contributed by atoms with E-state index in [1.807, 2.05) is 6.92 Å². The molecular weight excluding hydrogens is 277 g/mol. The molecule has 0 unspecified atom stereocenters. The number of nitro groups is 1. The van der Waals surface area contributed by atoms with Crippen LogP contribution in [0.3, 0.4) is 0 Å². The van der Waals surface area contributed by atoms with Gasteiger partial charge in [0.05, 0.1) is 4.92 Å². The molecule has 0 fully saturated rings. The molecule has 1 aromatic carbocycles. The van der Waals surface area contributed by atoms with Crippen LogP contribution < -0.4 is 5.32 Å². The number of halogens is 1. The Morgan fingerprint density at radius 3 is 2.86 bits per heavy atom. The second-order valence-electron chi connectivity index (χ2n) is 4.25. The van der Waals surface area contributed by atoms with Crippen molar-refractivity contribution in [2.45, 2.75) is 19.8 Å². The predicted molar refractivity (Wildman–Crippen MR) is 74.6 cm³/mol. The van der Waals surface area contributed by atoms with Crippen molar-refractivity contribution < 1.29 is 14.1 Å². The smallest absolute Gasteiger partial charge is 0.305 e. The summed E-state index contributed by atoms with van der Waals surface area (Å²) in [6, 6.07) is 4.89. The predicted octanol–water partition coefficient (Wildman–Crippen LogP) is 2.56. The van der Waals surface area contributed by atoms with Crippen LogP contribution in [0.1, 0.15) is 25.3 Å². The Kier molecular flexibility index (Phi) is 6.01. The van der Waals surface area contributed by atoms with E-state index in [1.54, 1.807) is 6.07 Å². The van der Waals surface area contributed by atoms with Crippen molar-refractivity contribution >= 4 is 17.7 Å². The Morgan fingerprint density at radius 2 is 2.29 bits per heavy atom. The van der Waals surface area contributed by atoms with E-state index in [4.69, 9.17) is 5.26 Å². The summed E-state index contributed by atoms with van der Waals surface area (Å²) >= 11 is 0. The minimum atomic E-state index is -0.969. The highest BCUT2D eigenvalue weighted by molar-refractivity contribution is 6.01. The van der Waals surface area contributed by atoms with E-state index < -0.39 is 22.3 Å². The number of nitrogens with zero attached hydrogens (tertiary/aromatic N) is 2. The van der Waals surface area contributed by atoms with Gasteiger partial charge in [-0.15, -0.1) is 0 Å². The average molecular weight is 291 g/mol. The van der Waals surface area contributed by atoms with Gasteiger partial charge in [0, 0.05) is 12.6 Å². The first kappa shape index (κ1) is 16.3. The number of unbranched alkanes of at least 4 members (excludes halogenated alkanes) is 1. The fraction of sp³-hybridized carbons (Fsp3) is 0.286. The third-order valence-corrected chi connectivity index (χ3v) is 2.66. The molecular formula is C14H14FN3O3. The molecule has 21 heavy (non-hydrogen) atoms. The zero-order valence-corrected chi connectivity index (χ0v) is 11.4. The van der Waals surface area contributed by atoms with Crippen LogP contribution >= 0.6 is 0 Å². The first-order valence-corrected chi connectivity index (χ1v) is 6.33. The van der Waals surface area contributed by atoms with Crippen molar-refractivity contribution in [2.24, 2.45) is 0 Å². The van der Waals surface area contributed by atoms with Crippen molar-refractivity contribution in [3.05, 3.63) is 45.3 Å². The molecule has 7 heteroatoms. The molecule has 0 aromatic heterocycles. The molecule has 0 spiro atoms. The Bertz CT molecular complexity index is 620. The van der Waals surface area contributed by atoms with Gasteiger partial charge in [-0.25, -0.2) is 0 Å². The van der Waals surface area contributed by atoms with E-state index in [1.165, 1.54) is 12.1 Å². The molecule has 0 aliphatic heterocycles. The van der Waals surface area contributed by atoms with Crippen molar-refractivity contribution in [2.75, 3.05) is 6.54 Å². The fourth-order valence-corrected chi connectivity index (χ4v) is 1.55. The summed E-state index contributed by atoms with van der Waals surface area (Å²) in [5, 5.41) is 22.2. The maximum atomic E-state index is 13.2. The summed E-state index contributed by atoms with van der Waals surface area (Å²) in [7, 11) is 0. The second-order valence-corrected chi connectivity index (χ2v) is 4.25. The van der Waals surface area contributed by atoms with E-state index in [0.717, 1.165) is 25.0 Å². The second kappa shape index (κ2) is 7.75. The van der Waals surface area contributed by atoms with Crippen LogP contribution in [0.15, 0.2) is 23.8 Å². The van der Waals surface area contributed by atoms with Crippen molar-refractivity contribution in [1.29, 1.82) is 5.26 Å². The van der Waals surface area contributed by atoms with E-state index in [2.05, 4.69) is 5.32 Å². The van der Waals surface area contributed by atoms with Crippen LogP contribution in [0.2, 0.25) is 0 Å². The van der Waals surface area contributed by atoms with Crippen LogP contribution in [-0.2, 0) is 4.79 Å². The van der Waals surface area contributed by atoms with Gasteiger partial charge in [0.15, 0.2) is 0 Å². The number of carbonyl (C=O) groups is 1. The maximum absolute atomic E-state index is 13.2. The summed E-state index contributed by atoms with van der Waals surface area (Å²) in [4.78, 5) is 21.5. The van der Waals surface area contributed by atoms with Crippen LogP contribution in [0, 0.1) is 27.3 Å². The summed E-state index contributed by atoms with van der Waals surface area (Å²) < 4.78 is 13.2. The summed E-state index contributed by atoms with van der Waals surface area (Å²) in [5.74, 6) is -1.53. The zero-order valence-electron chi connectivity index (χ0n) is 11.4. The lowest BCUT2D eigenvalue weighted by molar-refractivity contribution is -0.387. The molecule has 0 saturated carbocycles. The SMILES string of the molecule is CCCCNC(=O)/C(C#N)=C\c1ccc(F)c([N+](=O)[O-])c1.